The maximum Gasteiger partial charge on any atom is 0.697 e. The number of hydrogen-bond acceptors (Lipinski definition) is 5. The van der Waals surface area contributed by atoms with Gasteiger partial charge in [-0.05, 0) is 39.8 Å². The molecular weight excluding hydrogens is 203 g/mol. The molecule has 0 saturated carbocycles. The maximum atomic E-state index is 11.2. The Hall–Kier alpha value is -0.0600. The normalized spacial score (nSPS) is 16.4. The van der Waals surface area contributed by atoms with E-state index in [1.807, 2.05) is 13.8 Å². The summed E-state index contributed by atoms with van der Waals surface area (Å²) in [7, 11) is -2.04. The molecule has 0 aromatic rings. The van der Waals surface area contributed by atoms with Gasteiger partial charge >= 0.3 is 8.25 Å². The molecule has 0 aliphatic carbocycles. The van der Waals surface area contributed by atoms with Crippen molar-refractivity contribution < 1.29 is 13.6 Å². The van der Waals surface area contributed by atoms with Gasteiger partial charge in [-0.3, -0.25) is 0 Å². The van der Waals surface area contributed by atoms with Gasteiger partial charge in [-0.15, -0.1) is 9.05 Å². The highest BCUT2D eigenvalue weighted by molar-refractivity contribution is 7.33. The number of nitrogens with two attached hydrogens (primary N) is 2. The van der Waals surface area contributed by atoms with Crippen molar-refractivity contribution in [3.8, 4) is 0 Å². The molecule has 14 heavy (non-hydrogen) atoms. The summed E-state index contributed by atoms with van der Waals surface area (Å²) in [6.45, 7) is 4.67. The molecule has 0 aliphatic heterocycles. The Morgan fingerprint density at radius 3 is 1.71 bits per heavy atom. The third-order valence-corrected chi connectivity index (χ3v) is 2.74. The fourth-order valence-corrected chi connectivity index (χ4v) is 1.74. The van der Waals surface area contributed by atoms with Crippen molar-refractivity contribution in [2.24, 2.45) is 11.5 Å². The van der Waals surface area contributed by atoms with Gasteiger partial charge in [-0.25, -0.2) is 0 Å². The molecule has 0 fully saturated rings. The SMILES string of the molecule is CC(CCN)O[P+](=O)OC(C)CCN. The van der Waals surface area contributed by atoms with E-state index in [1.54, 1.807) is 0 Å². The minimum Gasteiger partial charge on any atom is -0.330 e. The third-order valence-electron chi connectivity index (χ3n) is 1.68. The fraction of sp³-hybridized carbons (Fsp3) is 1.00. The Morgan fingerprint density at radius 1 is 1.07 bits per heavy atom. The first-order valence-corrected chi connectivity index (χ1v) is 5.90. The van der Waals surface area contributed by atoms with E-state index in [4.69, 9.17) is 20.5 Å². The summed E-state index contributed by atoms with van der Waals surface area (Å²) in [6, 6.07) is 0. The van der Waals surface area contributed by atoms with E-state index in [-0.39, 0.29) is 12.2 Å². The molecule has 0 aliphatic rings. The minimum atomic E-state index is -2.04. The quantitative estimate of drug-likeness (QED) is 0.603. The molecule has 0 spiro atoms. The predicted octanol–water partition coefficient (Wildman–Crippen LogP) is 1.15. The zero-order valence-electron chi connectivity index (χ0n) is 8.81. The molecule has 0 aromatic heterocycles. The standard InChI is InChI=1S/C8H20N2O3P/c1-7(3-5-9)12-14(11)13-8(2)4-6-10/h7-8H,3-6,9-10H2,1-2H3/q+1. The van der Waals surface area contributed by atoms with Gasteiger partial charge in [-0.1, -0.05) is 0 Å². The summed E-state index contributed by atoms with van der Waals surface area (Å²) >= 11 is 0. The van der Waals surface area contributed by atoms with Crippen LogP contribution in [0.25, 0.3) is 0 Å². The highest BCUT2D eigenvalue weighted by Gasteiger charge is 2.27. The Balaban J connectivity index is 3.63. The van der Waals surface area contributed by atoms with Crippen molar-refractivity contribution in [2.45, 2.75) is 38.9 Å². The monoisotopic (exact) mass is 223 g/mol. The van der Waals surface area contributed by atoms with Crippen LogP contribution < -0.4 is 11.5 Å². The van der Waals surface area contributed by atoms with Crippen LogP contribution in [0.4, 0.5) is 0 Å². The summed E-state index contributed by atoms with van der Waals surface area (Å²) in [5.41, 5.74) is 10.6. The average Bonchev–Trinajstić information content (AvgIpc) is 2.03. The van der Waals surface area contributed by atoms with Gasteiger partial charge in [0.1, 0.15) is 12.2 Å². The molecule has 2 atom stereocenters. The molecule has 0 radical (unpaired) electrons. The van der Waals surface area contributed by atoms with Crippen LogP contribution in [0.1, 0.15) is 26.7 Å². The Bertz CT molecular complexity index is 153. The van der Waals surface area contributed by atoms with E-state index >= 15 is 0 Å². The van der Waals surface area contributed by atoms with Crippen molar-refractivity contribution in [1.82, 2.24) is 0 Å². The molecule has 2 unspecified atom stereocenters. The van der Waals surface area contributed by atoms with Crippen LogP contribution >= 0.6 is 8.25 Å². The van der Waals surface area contributed by atoms with Crippen molar-refractivity contribution >= 4 is 8.25 Å². The molecule has 84 valence electrons. The van der Waals surface area contributed by atoms with Crippen LogP contribution in [0.2, 0.25) is 0 Å². The van der Waals surface area contributed by atoms with E-state index in [0.29, 0.717) is 25.9 Å². The molecule has 0 aromatic carbocycles. The van der Waals surface area contributed by atoms with E-state index in [2.05, 4.69) is 0 Å². The summed E-state index contributed by atoms with van der Waals surface area (Å²) in [4.78, 5) is 0. The zero-order valence-corrected chi connectivity index (χ0v) is 9.70. The Labute approximate surface area is 86.1 Å². The minimum absolute atomic E-state index is 0.131. The third kappa shape index (κ3) is 7.35. The van der Waals surface area contributed by atoms with Crippen molar-refractivity contribution in [3.63, 3.8) is 0 Å². The second-order valence-corrected chi connectivity index (χ2v) is 4.08. The number of rotatable bonds is 8. The van der Waals surface area contributed by atoms with Gasteiger partial charge in [-0.2, -0.15) is 0 Å². The van der Waals surface area contributed by atoms with E-state index in [0.717, 1.165) is 0 Å². The van der Waals surface area contributed by atoms with Crippen molar-refractivity contribution in [2.75, 3.05) is 13.1 Å². The smallest absolute Gasteiger partial charge is 0.330 e. The highest BCUT2D eigenvalue weighted by atomic mass is 31.1. The zero-order chi connectivity index (χ0) is 11.0. The molecule has 0 saturated heterocycles. The molecule has 0 rings (SSSR count). The van der Waals surface area contributed by atoms with Crippen molar-refractivity contribution in [3.05, 3.63) is 0 Å². The van der Waals surface area contributed by atoms with Crippen LogP contribution in [-0.2, 0) is 13.6 Å². The molecule has 4 N–H and O–H groups in total. The summed E-state index contributed by atoms with van der Waals surface area (Å²) in [5.74, 6) is 0. The van der Waals surface area contributed by atoms with Crippen molar-refractivity contribution in [1.29, 1.82) is 0 Å². The second-order valence-electron chi connectivity index (χ2n) is 3.21. The molecule has 0 heterocycles. The highest BCUT2D eigenvalue weighted by Crippen LogP contribution is 2.29. The summed E-state index contributed by atoms with van der Waals surface area (Å²) in [6.07, 6.45) is 1.09. The molecule has 0 bridgehead atoms. The maximum absolute atomic E-state index is 11.2. The van der Waals surface area contributed by atoms with Gasteiger partial charge < -0.3 is 11.5 Å². The van der Waals surface area contributed by atoms with Crippen LogP contribution in [0.3, 0.4) is 0 Å². The van der Waals surface area contributed by atoms with Crippen LogP contribution in [0.5, 0.6) is 0 Å². The first-order chi connectivity index (χ1) is 6.60. The first-order valence-electron chi connectivity index (χ1n) is 4.81. The summed E-state index contributed by atoms with van der Waals surface area (Å²) in [5, 5.41) is 0. The van der Waals surface area contributed by atoms with Gasteiger partial charge in [0.05, 0.1) is 0 Å². The lowest BCUT2D eigenvalue weighted by Gasteiger charge is -2.03. The lowest BCUT2D eigenvalue weighted by Crippen LogP contribution is -2.14. The summed E-state index contributed by atoms with van der Waals surface area (Å²) < 4.78 is 21.4. The first kappa shape index (κ1) is 13.9. The Kier molecular flexibility index (Phi) is 8.23. The van der Waals surface area contributed by atoms with E-state index in [1.165, 1.54) is 0 Å². The molecule has 0 amide bonds. The van der Waals surface area contributed by atoms with E-state index < -0.39 is 8.25 Å². The van der Waals surface area contributed by atoms with Gasteiger partial charge in [0.2, 0.25) is 0 Å². The van der Waals surface area contributed by atoms with Gasteiger partial charge in [0.15, 0.2) is 0 Å². The second kappa shape index (κ2) is 8.26. The fourth-order valence-electron chi connectivity index (χ4n) is 0.894. The average molecular weight is 223 g/mol. The van der Waals surface area contributed by atoms with Gasteiger partial charge in [0.25, 0.3) is 0 Å². The molecule has 6 heteroatoms. The van der Waals surface area contributed by atoms with Gasteiger partial charge in [0, 0.05) is 4.57 Å². The van der Waals surface area contributed by atoms with E-state index in [9.17, 15) is 4.57 Å². The predicted molar refractivity (Wildman–Crippen MR) is 56.0 cm³/mol. The van der Waals surface area contributed by atoms with Crippen LogP contribution in [0.15, 0.2) is 0 Å². The Morgan fingerprint density at radius 2 is 1.43 bits per heavy atom. The lowest BCUT2D eigenvalue weighted by molar-refractivity contribution is 0.138. The topological polar surface area (TPSA) is 87.6 Å². The molecule has 5 nitrogen and oxygen atoms in total. The van der Waals surface area contributed by atoms with Crippen LogP contribution in [-0.4, -0.2) is 25.3 Å². The van der Waals surface area contributed by atoms with Crippen LogP contribution in [0, 0.1) is 0 Å². The number of hydrogen-bond donors (Lipinski definition) is 2. The molecular formula is C8H20N2O3P+. The lowest BCUT2D eigenvalue weighted by atomic mass is 10.3. The largest absolute Gasteiger partial charge is 0.697 e.